The summed E-state index contributed by atoms with van der Waals surface area (Å²) in [6, 6.07) is 8.99. The van der Waals surface area contributed by atoms with E-state index in [9.17, 15) is 4.79 Å². The van der Waals surface area contributed by atoms with Crippen LogP contribution in [0.1, 0.15) is 41.6 Å². The first-order chi connectivity index (χ1) is 13.0. The molecule has 0 bridgehead atoms. The first kappa shape index (κ1) is 19.5. The van der Waals surface area contributed by atoms with Crippen molar-refractivity contribution in [2.75, 3.05) is 24.6 Å². The van der Waals surface area contributed by atoms with Crippen LogP contribution < -0.4 is 9.64 Å². The molecule has 1 aromatic heterocycles. The molecule has 0 saturated carbocycles. The maximum Gasteiger partial charge on any atom is 0.335 e. The van der Waals surface area contributed by atoms with Crippen LogP contribution in [0.25, 0.3) is 0 Å². The predicted molar refractivity (Wildman–Crippen MR) is 107 cm³/mol. The first-order valence-electron chi connectivity index (χ1n) is 9.36. The molecule has 144 valence electrons. The number of aromatic carboxylic acids is 1. The van der Waals surface area contributed by atoms with E-state index < -0.39 is 5.97 Å². The van der Waals surface area contributed by atoms with Crippen molar-refractivity contribution >= 4 is 23.4 Å². The van der Waals surface area contributed by atoms with Gasteiger partial charge in [0.2, 0.25) is 0 Å². The molecule has 2 aromatic rings. The normalized spacial score (nSPS) is 15.0. The molecular weight excluding hydrogens is 364 g/mol. The zero-order valence-corrected chi connectivity index (χ0v) is 16.3. The Labute approximate surface area is 164 Å². The fourth-order valence-electron chi connectivity index (χ4n) is 3.53. The standard InChI is InChI=1S/C21H25ClN2O3/c1-15-13-18(5-6-19(15)21(25)26)27-12-2-3-16-8-10-24(11-9-16)20-7-4-17(22)14-23-20/h4-7,13-14,16H,2-3,8-12H2,1H3,(H,25,26). The summed E-state index contributed by atoms with van der Waals surface area (Å²) in [6.07, 6.45) is 6.18. The van der Waals surface area contributed by atoms with Crippen molar-refractivity contribution in [2.24, 2.45) is 5.92 Å². The summed E-state index contributed by atoms with van der Waals surface area (Å²) >= 11 is 5.90. The largest absolute Gasteiger partial charge is 0.494 e. The van der Waals surface area contributed by atoms with Gasteiger partial charge in [-0.05, 0) is 74.4 Å². The average Bonchev–Trinajstić information content (AvgIpc) is 2.66. The molecule has 0 aliphatic carbocycles. The number of piperidine rings is 1. The molecule has 5 nitrogen and oxygen atoms in total. The second kappa shape index (κ2) is 9.09. The quantitative estimate of drug-likeness (QED) is 0.689. The van der Waals surface area contributed by atoms with E-state index in [1.54, 1.807) is 31.3 Å². The molecule has 1 saturated heterocycles. The molecule has 0 spiro atoms. The van der Waals surface area contributed by atoms with Crippen molar-refractivity contribution in [1.82, 2.24) is 4.98 Å². The van der Waals surface area contributed by atoms with Gasteiger partial charge in [-0.15, -0.1) is 0 Å². The van der Waals surface area contributed by atoms with Crippen LogP contribution >= 0.6 is 11.6 Å². The third-order valence-electron chi connectivity index (χ3n) is 5.10. The van der Waals surface area contributed by atoms with Crippen LogP contribution in [-0.2, 0) is 0 Å². The number of carboxylic acids is 1. The van der Waals surface area contributed by atoms with E-state index in [-0.39, 0.29) is 0 Å². The topological polar surface area (TPSA) is 62.7 Å². The van der Waals surface area contributed by atoms with Gasteiger partial charge in [0.15, 0.2) is 0 Å². The van der Waals surface area contributed by atoms with Gasteiger partial charge in [-0.25, -0.2) is 9.78 Å². The highest BCUT2D eigenvalue weighted by atomic mass is 35.5. The Morgan fingerprint density at radius 2 is 2.07 bits per heavy atom. The third kappa shape index (κ3) is 5.36. The van der Waals surface area contributed by atoms with Gasteiger partial charge in [0.25, 0.3) is 0 Å². The first-order valence-corrected chi connectivity index (χ1v) is 9.74. The lowest BCUT2D eigenvalue weighted by molar-refractivity contribution is 0.0696. The number of ether oxygens (including phenoxy) is 1. The van der Waals surface area contributed by atoms with Gasteiger partial charge in [-0.3, -0.25) is 0 Å². The van der Waals surface area contributed by atoms with Crippen LogP contribution in [0.2, 0.25) is 5.02 Å². The minimum Gasteiger partial charge on any atom is -0.494 e. The van der Waals surface area contributed by atoms with Crippen molar-refractivity contribution in [3.8, 4) is 5.75 Å². The Kier molecular flexibility index (Phi) is 6.56. The van der Waals surface area contributed by atoms with Gasteiger partial charge in [0.1, 0.15) is 11.6 Å². The van der Waals surface area contributed by atoms with Gasteiger partial charge in [0, 0.05) is 19.3 Å². The predicted octanol–water partition coefficient (Wildman–Crippen LogP) is 4.82. The Morgan fingerprint density at radius 1 is 1.30 bits per heavy atom. The van der Waals surface area contributed by atoms with Crippen LogP contribution in [0.15, 0.2) is 36.5 Å². The van der Waals surface area contributed by atoms with E-state index in [2.05, 4.69) is 9.88 Å². The molecule has 1 aromatic carbocycles. The van der Waals surface area contributed by atoms with Crippen molar-refractivity contribution in [3.05, 3.63) is 52.7 Å². The highest BCUT2D eigenvalue weighted by Gasteiger charge is 2.19. The molecule has 0 amide bonds. The number of hydrogen-bond donors (Lipinski definition) is 1. The van der Waals surface area contributed by atoms with Gasteiger partial charge in [-0.2, -0.15) is 0 Å². The lowest BCUT2D eigenvalue weighted by Gasteiger charge is -2.32. The Bertz CT molecular complexity index is 771. The molecule has 1 aliphatic heterocycles. The van der Waals surface area contributed by atoms with E-state index in [4.69, 9.17) is 21.4 Å². The Hall–Kier alpha value is -2.27. The molecule has 6 heteroatoms. The molecule has 3 rings (SSSR count). The number of rotatable bonds is 7. The lowest BCUT2D eigenvalue weighted by Crippen LogP contribution is -2.34. The zero-order chi connectivity index (χ0) is 19.2. The van der Waals surface area contributed by atoms with E-state index in [1.165, 1.54) is 0 Å². The maximum absolute atomic E-state index is 11.0. The van der Waals surface area contributed by atoms with Gasteiger partial charge < -0.3 is 14.7 Å². The van der Waals surface area contributed by atoms with Crippen LogP contribution in [0, 0.1) is 12.8 Å². The number of pyridine rings is 1. The molecule has 0 radical (unpaired) electrons. The number of carboxylic acid groups (broad SMARTS) is 1. The summed E-state index contributed by atoms with van der Waals surface area (Å²) in [5, 5.41) is 9.73. The minimum absolute atomic E-state index is 0.323. The molecule has 1 fully saturated rings. The third-order valence-corrected chi connectivity index (χ3v) is 5.33. The van der Waals surface area contributed by atoms with Gasteiger partial charge >= 0.3 is 5.97 Å². The number of carbonyl (C=O) groups is 1. The highest BCUT2D eigenvalue weighted by molar-refractivity contribution is 6.30. The van der Waals surface area contributed by atoms with E-state index >= 15 is 0 Å². The molecule has 1 N–H and O–H groups in total. The summed E-state index contributed by atoms with van der Waals surface area (Å²) in [5.41, 5.74) is 1.05. The smallest absolute Gasteiger partial charge is 0.335 e. The monoisotopic (exact) mass is 388 g/mol. The number of benzene rings is 1. The van der Waals surface area contributed by atoms with E-state index in [0.717, 1.165) is 55.9 Å². The zero-order valence-electron chi connectivity index (χ0n) is 15.5. The van der Waals surface area contributed by atoms with Crippen molar-refractivity contribution in [3.63, 3.8) is 0 Å². The van der Waals surface area contributed by atoms with Crippen molar-refractivity contribution < 1.29 is 14.6 Å². The fraction of sp³-hybridized carbons (Fsp3) is 0.429. The minimum atomic E-state index is -0.904. The summed E-state index contributed by atoms with van der Waals surface area (Å²) in [4.78, 5) is 17.8. The van der Waals surface area contributed by atoms with Gasteiger partial charge in [-0.1, -0.05) is 11.6 Å². The second-order valence-electron chi connectivity index (χ2n) is 7.04. The van der Waals surface area contributed by atoms with Crippen molar-refractivity contribution in [2.45, 2.75) is 32.6 Å². The summed E-state index contributed by atoms with van der Waals surface area (Å²) < 4.78 is 5.79. The number of aromatic nitrogens is 1. The van der Waals surface area contributed by atoms with Crippen LogP contribution in [0.5, 0.6) is 5.75 Å². The number of nitrogens with zero attached hydrogens (tertiary/aromatic N) is 2. The lowest BCUT2D eigenvalue weighted by atomic mass is 9.92. The van der Waals surface area contributed by atoms with Gasteiger partial charge in [0.05, 0.1) is 17.2 Å². The number of halogens is 1. The average molecular weight is 389 g/mol. The SMILES string of the molecule is Cc1cc(OCCCC2CCN(c3ccc(Cl)cn3)CC2)ccc1C(=O)O. The molecule has 0 atom stereocenters. The molecular formula is C21H25ClN2O3. The second-order valence-corrected chi connectivity index (χ2v) is 7.47. The Balaban J connectivity index is 1.37. The molecule has 2 heterocycles. The molecule has 27 heavy (non-hydrogen) atoms. The van der Waals surface area contributed by atoms with Crippen LogP contribution in [0.3, 0.4) is 0 Å². The molecule has 1 aliphatic rings. The summed E-state index contributed by atoms with van der Waals surface area (Å²) in [7, 11) is 0. The number of anilines is 1. The number of aryl methyl sites for hydroxylation is 1. The van der Waals surface area contributed by atoms with E-state index in [1.807, 2.05) is 12.1 Å². The van der Waals surface area contributed by atoms with E-state index in [0.29, 0.717) is 23.1 Å². The maximum atomic E-state index is 11.0. The summed E-state index contributed by atoms with van der Waals surface area (Å²) in [5.74, 6) is 1.55. The molecule has 0 unspecified atom stereocenters. The Morgan fingerprint density at radius 3 is 2.70 bits per heavy atom. The fourth-order valence-corrected chi connectivity index (χ4v) is 3.65. The van der Waals surface area contributed by atoms with Crippen molar-refractivity contribution in [1.29, 1.82) is 0 Å². The highest BCUT2D eigenvalue weighted by Crippen LogP contribution is 2.26. The summed E-state index contributed by atoms with van der Waals surface area (Å²) in [6.45, 7) is 4.50. The number of hydrogen-bond acceptors (Lipinski definition) is 4. The van der Waals surface area contributed by atoms with Crippen LogP contribution in [-0.4, -0.2) is 35.8 Å². The van der Waals surface area contributed by atoms with Crippen LogP contribution in [0.4, 0.5) is 5.82 Å².